The van der Waals surface area contributed by atoms with Crippen LogP contribution in [0.1, 0.15) is 16.7 Å². The van der Waals surface area contributed by atoms with Crippen molar-refractivity contribution >= 4 is 18.4 Å². The van der Waals surface area contributed by atoms with Gasteiger partial charge in [-0.3, -0.25) is 4.79 Å². The molecule has 0 atom stereocenters. The summed E-state index contributed by atoms with van der Waals surface area (Å²) in [4.78, 5) is 14.2. The van der Waals surface area contributed by atoms with Crippen molar-refractivity contribution in [1.82, 2.24) is 4.98 Å². The first-order valence-corrected chi connectivity index (χ1v) is 6.23. The molecule has 0 bridgehead atoms. The van der Waals surface area contributed by atoms with E-state index < -0.39 is 12.7 Å². The molecular formula is C14H11BN4O3. The fourth-order valence-corrected chi connectivity index (χ4v) is 2.18. The molecule has 5 N–H and O–H groups in total. The standard InChI is InChI=1S/C14H11BN4O3/c1-7-2-3-8(15(21)22)4-9(7)12-10(5-16)13(18)19-14(20)11(12)6-17/h2-4,21-22H,1H3,(H3,18,19,20). The number of aromatic amines is 1. The van der Waals surface area contributed by atoms with Crippen molar-refractivity contribution in [3.05, 3.63) is 45.2 Å². The number of nitriles is 2. The Hall–Kier alpha value is -3.07. The van der Waals surface area contributed by atoms with Crippen molar-refractivity contribution in [2.75, 3.05) is 5.73 Å². The van der Waals surface area contributed by atoms with Crippen LogP contribution in [0, 0.1) is 29.6 Å². The van der Waals surface area contributed by atoms with E-state index in [-0.39, 0.29) is 28.0 Å². The number of aryl methyl sites for hydroxylation is 1. The summed E-state index contributed by atoms with van der Waals surface area (Å²) in [5.74, 6) is -0.143. The Morgan fingerprint density at radius 1 is 1.23 bits per heavy atom. The SMILES string of the molecule is Cc1ccc(B(O)O)cc1-c1c(C#N)c(N)[nH]c(=O)c1C#N. The highest BCUT2D eigenvalue weighted by Gasteiger charge is 2.21. The summed E-state index contributed by atoms with van der Waals surface area (Å²) in [7, 11) is -1.71. The number of H-pyrrole nitrogens is 1. The molecule has 7 nitrogen and oxygen atoms in total. The number of hydrogen-bond acceptors (Lipinski definition) is 6. The summed E-state index contributed by atoms with van der Waals surface area (Å²) in [5, 5.41) is 37.1. The second-order valence-electron chi connectivity index (χ2n) is 4.66. The molecule has 0 spiro atoms. The summed E-state index contributed by atoms with van der Waals surface area (Å²) >= 11 is 0. The van der Waals surface area contributed by atoms with Crippen LogP contribution in [0.2, 0.25) is 0 Å². The van der Waals surface area contributed by atoms with E-state index in [1.54, 1.807) is 19.1 Å². The zero-order valence-corrected chi connectivity index (χ0v) is 11.6. The second-order valence-corrected chi connectivity index (χ2v) is 4.66. The Bertz CT molecular complexity index is 891. The third kappa shape index (κ3) is 2.45. The van der Waals surface area contributed by atoms with Gasteiger partial charge in [-0.2, -0.15) is 10.5 Å². The first kappa shape index (κ1) is 15.3. The molecule has 0 amide bonds. The van der Waals surface area contributed by atoms with Crippen molar-refractivity contribution in [2.24, 2.45) is 0 Å². The van der Waals surface area contributed by atoms with E-state index >= 15 is 0 Å². The summed E-state index contributed by atoms with van der Waals surface area (Å²) in [5.41, 5.74) is 5.95. The number of nitrogens with two attached hydrogens (primary N) is 1. The number of nitrogens with one attached hydrogen (secondary N) is 1. The average Bonchev–Trinajstić information content (AvgIpc) is 2.47. The molecule has 108 valence electrons. The maximum atomic E-state index is 11.9. The predicted octanol–water partition coefficient (Wildman–Crippen LogP) is -0.644. The van der Waals surface area contributed by atoms with Crippen LogP contribution in [0.15, 0.2) is 23.0 Å². The molecule has 22 heavy (non-hydrogen) atoms. The molecule has 0 unspecified atom stereocenters. The predicted molar refractivity (Wildman–Crippen MR) is 80.9 cm³/mol. The van der Waals surface area contributed by atoms with Crippen LogP contribution in [0.5, 0.6) is 0 Å². The van der Waals surface area contributed by atoms with Crippen LogP contribution in [0.3, 0.4) is 0 Å². The molecule has 0 saturated carbocycles. The molecule has 0 saturated heterocycles. The lowest BCUT2D eigenvalue weighted by Gasteiger charge is -2.13. The maximum absolute atomic E-state index is 11.9. The molecule has 1 heterocycles. The van der Waals surface area contributed by atoms with E-state index in [0.717, 1.165) is 0 Å². The van der Waals surface area contributed by atoms with E-state index in [1.165, 1.54) is 12.1 Å². The van der Waals surface area contributed by atoms with E-state index in [2.05, 4.69) is 4.98 Å². The van der Waals surface area contributed by atoms with Gasteiger partial charge in [0.2, 0.25) is 0 Å². The van der Waals surface area contributed by atoms with E-state index in [4.69, 9.17) is 5.73 Å². The van der Waals surface area contributed by atoms with Crippen LogP contribution in [0.25, 0.3) is 11.1 Å². The van der Waals surface area contributed by atoms with Crippen molar-refractivity contribution in [3.63, 3.8) is 0 Å². The number of nitrogens with zero attached hydrogens (tertiary/aromatic N) is 2. The molecule has 0 radical (unpaired) electrons. The summed E-state index contributed by atoms with van der Waals surface area (Å²) in [6, 6.07) is 8.15. The molecule has 2 aromatic rings. The van der Waals surface area contributed by atoms with Crippen LogP contribution in [-0.2, 0) is 0 Å². The van der Waals surface area contributed by atoms with Gasteiger partial charge >= 0.3 is 7.12 Å². The molecule has 8 heteroatoms. The topological polar surface area (TPSA) is 147 Å². The first-order chi connectivity index (χ1) is 10.4. The van der Waals surface area contributed by atoms with E-state index in [9.17, 15) is 25.4 Å². The highest BCUT2D eigenvalue weighted by atomic mass is 16.4. The van der Waals surface area contributed by atoms with Crippen molar-refractivity contribution < 1.29 is 10.0 Å². The summed E-state index contributed by atoms with van der Waals surface area (Å²) in [6.45, 7) is 1.71. The Labute approximate surface area is 126 Å². The van der Waals surface area contributed by atoms with Crippen LogP contribution >= 0.6 is 0 Å². The fraction of sp³-hybridized carbons (Fsp3) is 0.0714. The molecule has 0 aliphatic carbocycles. The molecule has 0 aliphatic heterocycles. The zero-order chi connectivity index (χ0) is 16.4. The molecule has 1 aromatic heterocycles. The summed E-state index contributed by atoms with van der Waals surface area (Å²) in [6.07, 6.45) is 0. The van der Waals surface area contributed by atoms with Gasteiger partial charge in [0, 0.05) is 5.56 Å². The van der Waals surface area contributed by atoms with Gasteiger partial charge in [0.05, 0.1) is 0 Å². The van der Waals surface area contributed by atoms with E-state index in [1.807, 2.05) is 6.07 Å². The van der Waals surface area contributed by atoms with E-state index in [0.29, 0.717) is 11.1 Å². The normalized spacial score (nSPS) is 9.86. The minimum absolute atomic E-state index is 0.0381. The van der Waals surface area contributed by atoms with Gasteiger partial charge in [0.25, 0.3) is 5.56 Å². The van der Waals surface area contributed by atoms with Gasteiger partial charge in [-0.15, -0.1) is 0 Å². The molecule has 0 fully saturated rings. The van der Waals surface area contributed by atoms with Crippen LogP contribution in [-0.4, -0.2) is 22.2 Å². The molecule has 2 rings (SSSR count). The fourth-order valence-electron chi connectivity index (χ4n) is 2.18. The quantitative estimate of drug-likeness (QED) is 0.541. The van der Waals surface area contributed by atoms with Crippen LogP contribution < -0.4 is 16.8 Å². The lowest BCUT2D eigenvalue weighted by molar-refractivity contribution is 0.426. The highest BCUT2D eigenvalue weighted by Crippen LogP contribution is 2.29. The second kappa shape index (κ2) is 5.74. The van der Waals surface area contributed by atoms with Crippen molar-refractivity contribution in [1.29, 1.82) is 10.5 Å². The Kier molecular flexibility index (Phi) is 4.00. The number of nitrogen functional groups attached to an aromatic ring is 1. The zero-order valence-electron chi connectivity index (χ0n) is 11.6. The van der Waals surface area contributed by atoms with Gasteiger partial charge in [0.15, 0.2) is 0 Å². The van der Waals surface area contributed by atoms with Gasteiger partial charge in [0.1, 0.15) is 29.1 Å². The lowest BCUT2D eigenvalue weighted by Crippen LogP contribution is -2.30. The average molecular weight is 294 g/mol. The Morgan fingerprint density at radius 2 is 1.86 bits per heavy atom. The number of rotatable bonds is 2. The number of pyridine rings is 1. The number of hydrogen-bond donors (Lipinski definition) is 4. The lowest BCUT2D eigenvalue weighted by atomic mass is 9.77. The third-order valence-electron chi connectivity index (χ3n) is 3.30. The Morgan fingerprint density at radius 3 is 2.41 bits per heavy atom. The van der Waals surface area contributed by atoms with Gasteiger partial charge < -0.3 is 20.8 Å². The molecular weight excluding hydrogens is 283 g/mol. The van der Waals surface area contributed by atoms with Gasteiger partial charge in [-0.25, -0.2) is 0 Å². The number of aromatic nitrogens is 1. The summed E-state index contributed by atoms with van der Waals surface area (Å²) < 4.78 is 0. The van der Waals surface area contributed by atoms with Crippen molar-refractivity contribution in [3.8, 4) is 23.3 Å². The Balaban J connectivity index is 2.95. The minimum Gasteiger partial charge on any atom is -0.423 e. The largest absolute Gasteiger partial charge is 0.488 e. The van der Waals surface area contributed by atoms with Crippen molar-refractivity contribution in [2.45, 2.75) is 6.92 Å². The van der Waals surface area contributed by atoms with Gasteiger partial charge in [-0.1, -0.05) is 18.2 Å². The minimum atomic E-state index is -1.71. The smallest absolute Gasteiger partial charge is 0.423 e. The molecule has 0 aliphatic rings. The molecule has 1 aromatic carbocycles. The third-order valence-corrected chi connectivity index (χ3v) is 3.30. The van der Waals surface area contributed by atoms with Crippen LogP contribution in [0.4, 0.5) is 5.82 Å². The first-order valence-electron chi connectivity index (χ1n) is 6.23. The van der Waals surface area contributed by atoms with Gasteiger partial charge in [-0.05, 0) is 23.5 Å². The maximum Gasteiger partial charge on any atom is 0.488 e. The number of anilines is 1. The monoisotopic (exact) mass is 294 g/mol. The number of benzene rings is 1. The highest BCUT2D eigenvalue weighted by molar-refractivity contribution is 6.58.